The van der Waals surface area contributed by atoms with Crippen LogP contribution in [0.1, 0.15) is 19.3 Å². The summed E-state index contributed by atoms with van der Waals surface area (Å²) in [5.74, 6) is 0.592. The molecule has 2 heterocycles. The Morgan fingerprint density at radius 3 is 2.40 bits per heavy atom. The fourth-order valence-electron chi connectivity index (χ4n) is 2.46. The van der Waals surface area contributed by atoms with E-state index in [0.717, 1.165) is 30.2 Å². The summed E-state index contributed by atoms with van der Waals surface area (Å²) in [7, 11) is 0. The van der Waals surface area contributed by atoms with Crippen molar-refractivity contribution in [2.45, 2.75) is 19.3 Å². The zero-order valence-electron chi connectivity index (χ0n) is 11.0. The molecule has 0 saturated carbocycles. The van der Waals surface area contributed by atoms with Gasteiger partial charge in [0.25, 0.3) is 0 Å². The van der Waals surface area contributed by atoms with Gasteiger partial charge in [0.15, 0.2) is 0 Å². The predicted molar refractivity (Wildman–Crippen MR) is 78.5 cm³/mol. The number of aromatic nitrogens is 2. The van der Waals surface area contributed by atoms with E-state index in [1.54, 1.807) is 12.1 Å². The first kappa shape index (κ1) is 13.3. The van der Waals surface area contributed by atoms with Crippen molar-refractivity contribution in [1.82, 2.24) is 9.97 Å². The Hall–Kier alpha value is -1.68. The molecule has 104 valence electrons. The Balaban J connectivity index is 1.95. The molecule has 0 bridgehead atoms. The first-order chi connectivity index (χ1) is 9.72. The van der Waals surface area contributed by atoms with Crippen LogP contribution in [0.5, 0.6) is 0 Å². The van der Waals surface area contributed by atoms with Crippen molar-refractivity contribution in [2.24, 2.45) is 0 Å². The molecule has 1 fully saturated rings. The van der Waals surface area contributed by atoms with Gasteiger partial charge in [-0.25, -0.2) is 14.4 Å². The molecule has 0 atom stereocenters. The summed E-state index contributed by atoms with van der Waals surface area (Å²) in [5, 5.41) is 0.229. The van der Waals surface area contributed by atoms with Crippen LogP contribution in [-0.4, -0.2) is 23.1 Å². The molecule has 5 heteroatoms. The van der Waals surface area contributed by atoms with Crippen LogP contribution in [-0.2, 0) is 0 Å². The Morgan fingerprint density at radius 2 is 1.70 bits per heavy atom. The molecule has 0 radical (unpaired) electrons. The normalized spacial score (nSPS) is 15.4. The molecule has 0 amide bonds. The first-order valence-corrected chi connectivity index (χ1v) is 7.16. The lowest BCUT2D eigenvalue weighted by Crippen LogP contribution is -2.30. The maximum Gasteiger partial charge on any atom is 0.224 e. The molecule has 1 aromatic heterocycles. The summed E-state index contributed by atoms with van der Waals surface area (Å²) in [6.45, 7) is 1.99. The molecule has 2 aromatic rings. The molecule has 0 aliphatic carbocycles. The van der Waals surface area contributed by atoms with Crippen molar-refractivity contribution in [2.75, 3.05) is 18.0 Å². The number of benzene rings is 1. The van der Waals surface area contributed by atoms with Crippen molar-refractivity contribution in [3.63, 3.8) is 0 Å². The fourth-order valence-corrected chi connectivity index (χ4v) is 2.64. The molecule has 1 saturated heterocycles. The highest BCUT2D eigenvalue weighted by Crippen LogP contribution is 2.25. The summed E-state index contributed by atoms with van der Waals surface area (Å²) < 4.78 is 13.0. The van der Waals surface area contributed by atoms with Gasteiger partial charge in [-0.2, -0.15) is 0 Å². The maximum absolute atomic E-state index is 13.0. The minimum atomic E-state index is -0.259. The summed E-state index contributed by atoms with van der Waals surface area (Å²) in [6.07, 6.45) is 3.61. The number of nitrogens with zero attached hydrogens (tertiary/aromatic N) is 3. The molecule has 1 aromatic carbocycles. The van der Waals surface area contributed by atoms with Crippen molar-refractivity contribution in [3.8, 4) is 11.3 Å². The van der Waals surface area contributed by atoms with E-state index in [9.17, 15) is 4.39 Å². The molecule has 0 N–H and O–H groups in total. The van der Waals surface area contributed by atoms with E-state index in [1.165, 1.54) is 31.4 Å². The van der Waals surface area contributed by atoms with E-state index in [4.69, 9.17) is 11.6 Å². The van der Waals surface area contributed by atoms with Gasteiger partial charge in [-0.3, -0.25) is 0 Å². The summed E-state index contributed by atoms with van der Waals surface area (Å²) in [4.78, 5) is 10.8. The van der Waals surface area contributed by atoms with Gasteiger partial charge < -0.3 is 4.90 Å². The van der Waals surface area contributed by atoms with E-state index in [0.29, 0.717) is 0 Å². The fraction of sp³-hybridized carbons (Fsp3) is 0.333. The zero-order chi connectivity index (χ0) is 13.9. The van der Waals surface area contributed by atoms with Gasteiger partial charge in [-0.15, -0.1) is 0 Å². The second-order valence-corrected chi connectivity index (χ2v) is 5.27. The average Bonchev–Trinajstić information content (AvgIpc) is 2.48. The summed E-state index contributed by atoms with van der Waals surface area (Å²) >= 11 is 6.03. The molecular weight excluding hydrogens is 277 g/mol. The van der Waals surface area contributed by atoms with Crippen molar-refractivity contribution < 1.29 is 4.39 Å². The highest BCUT2D eigenvalue weighted by Gasteiger charge is 2.14. The smallest absolute Gasteiger partial charge is 0.224 e. The maximum atomic E-state index is 13.0. The van der Waals surface area contributed by atoms with Crippen molar-refractivity contribution in [3.05, 3.63) is 41.4 Å². The Morgan fingerprint density at radius 1 is 1.00 bits per heavy atom. The van der Waals surface area contributed by atoms with E-state index < -0.39 is 0 Å². The highest BCUT2D eigenvalue weighted by atomic mass is 35.5. The number of rotatable bonds is 2. The highest BCUT2D eigenvalue weighted by molar-refractivity contribution is 6.28. The van der Waals surface area contributed by atoms with Crippen molar-refractivity contribution in [1.29, 1.82) is 0 Å². The Labute approximate surface area is 122 Å². The minimum Gasteiger partial charge on any atom is -0.356 e. The zero-order valence-corrected chi connectivity index (χ0v) is 11.8. The predicted octanol–water partition coefficient (Wildman–Crippen LogP) is 3.93. The van der Waals surface area contributed by atoms with Gasteiger partial charge in [-0.1, -0.05) is 0 Å². The first-order valence-electron chi connectivity index (χ1n) is 6.78. The van der Waals surface area contributed by atoms with Crippen LogP contribution >= 0.6 is 11.6 Å². The topological polar surface area (TPSA) is 29.0 Å². The third-order valence-corrected chi connectivity index (χ3v) is 3.67. The average molecular weight is 292 g/mol. The lowest BCUT2D eigenvalue weighted by molar-refractivity contribution is 0.573. The number of hydrogen-bond donors (Lipinski definition) is 0. The molecule has 3 nitrogen and oxygen atoms in total. The number of hydrogen-bond acceptors (Lipinski definition) is 3. The van der Waals surface area contributed by atoms with Crippen LogP contribution in [0.4, 0.5) is 10.2 Å². The van der Waals surface area contributed by atoms with E-state index >= 15 is 0 Å². The number of anilines is 1. The third-order valence-electron chi connectivity index (χ3n) is 3.51. The standard InChI is InChI=1S/C15H15ClFN3/c16-15-18-13(11-4-6-12(17)7-5-11)10-14(19-15)20-8-2-1-3-9-20/h4-7,10H,1-3,8-9H2. The van der Waals surface area contributed by atoms with E-state index in [-0.39, 0.29) is 11.1 Å². The van der Waals surface area contributed by atoms with E-state index in [2.05, 4.69) is 14.9 Å². The van der Waals surface area contributed by atoms with Gasteiger partial charge in [0.1, 0.15) is 11.6 Å². The van der Waals surface area contributed by atoms with Crippen LogP contribution in [0.15, 0.2) is 30.3 Å². The van der Waals surface area contributed by atoms with Crippen LogP contribution in [0.3, 0.4) is 0 Å². The van der Waals surface area contributed by atoms with Gasteiger partial charge in [0.2, 0.25) is 5.28 Å². The Bertz CT molecular complexity index is 595. The van der Waals surface area contributed by atoms with Crippen LogP contribution < -0.4 is 4.90 Å². The summed E-state index contributed by atoms with van der Waals surface area (Å²) in [5.41, 5.74) is 1.57. The lowest BCUT2D eigenvalue weighted by atomic mass is 10.1. The quantitative estimate of drug-likeness (QED) is 0.785. The third kappa shape index (κ3) is 2.90. The van der Waals surface area contributed by atoms with E-state index in [1.807, 2.05) is 6.07 Å². The van der Waals surface area contributed by atoms with Crippen molar-refractivity contribution >= 4 is 17.4 Å². The minimum absolute atomic E-state index is 0.229. The van der Waals surface area contributed by atoms with Crippen LogP contribution in [0.25, 0.3) is 11.3 Å². The number of halogens is 2. The second kappa shape index (κ2) is 5.75. The summed E-state index contributed by atoms with van der Waals surface area (Å²) in [6, 6.07) is 8.17. The van der Waals surface area contributed by atoms with Gasteiger partial charge >= 0.3 is 0 Å². The van der Waals surface area contributed by atoms with Crippen LogP contribution in [0.2, 0.25) is 5.28 Å². The second-order valence-electron chi connectivity index (χ2n) is 4.94. The molecule has 0 unspecified atom stereocenters. The van der Waals surface area contributed by atoms with Gasteiger partial charge in [0, 0.05) is 24.7 Å². The SMILES string of the molecule is Fc1ccc(-c2cc(N3CCCCC3)nc(Cl)n2)cc1. The molecule has 1 aliphatic heterocycles. The van der Waals surface area contributed by atoms with Gasteiger partial charge in [-0.05, 0) is 55.1 Å². The molecule has 20 heavy (non-hydrogen) atoms. The lowest BCUT2D eigenvalue weighted by Gasteiger charge is -2.27. The largest absolute Gasteiger partial charge is 0.356 e. The molecule has 1 aliphatic rings. The van der Waals surface area contributed by atoms with Gasteiger partial charge in [0.05, 0.1) is 5.69 Å². The molecule has 0 spiro atoms. The molecule has 3 rings (SSSR count). The van der Waals surface area contributed by atoms with Crippen LogP contribution in [0, 0.1) is 5.82 Å². The Kier molecular flexibility index (Phi) is 3.83. The number of piperidine rings is 1. The monoisotopic (exact) mass is 291 g/mol. The molecular formula is C15H15ClFN3.